The maximum atomic E-state index is 3.34. The van der Waals surface area contributed by atoms with Gasteiger partial charge in [0.05, 0.1) is 0 Å². The largest absolute Gasteiger partial charge is 0.0622 e. The van der Waals surface area contributed by atoms with Gasteiger partial charge in [0.15, 0.2) is 0 Å². The molecule has 0 atom stereocenters. The van der Waals surface area contributed by atoms with Gasteiger partial charge in [-0.1, -0.05) is 83.9 Å². The van der Waals surface area contributed by atoms with E-state index in [0.717, 1.165) is 12.8 Å². The van der Waals surface area contributed by atoms with Gasteiger partial charge >= 0.3 is 28.4 Å². The monoisotopic (exact) mass is 544 g/mol. The molecule has 0 aliphatic rings. The minimum absolute atomic E-state index is 1.13. The van der Waals surface area contributed by atoms with Crippen molar-refractivity contribution in [2.24, 2.45) is 0 Å². The number of benzene rings is 4. The van der Waals surface area contributed by atoms with Gasteiger partial charge in [0.25, 0.3) is 0 Å². The van der Waals surface area contributed by atoms with Gasteiger partial charge in [-0.15, -0.1) is 57.9 Å². The molecule has 0 saturated heterocycles. The molecule has 6 aromatic rings. The van der Waals surface area contributed by atoms with Crippen LogP contribution in [-0.4, -0.2) is 4.21 Å². The summed E-state index contributed by atoms with van der Waals surface area (Å²) < 4.78 is 3.34. The van der Waals surface area contributed by atoms with Gasteiger partial charge in [0, 0.05) is 0 Å². The van der Waals surface area contributed by atoms with Crippen molar-refractivity contribution in [1.82, 2.24) is 0 Å². The minimum atomic E-state index is 1.13. The first kappa shape index (κ1) is 27.4. The van der Waals surface area contributed by atoms with Gasteiger partial charge in [-0.3, -0.25) is 0 Å². The van der Waals surface area contributed by atoms with Gasteiger partial charge in [-0.05, 0) is 37.8 Å². The maximum absolute atomic E-state index is 3.34. The third-order valence-electron chi connectivity index (χ3n) is 6.18. The summed E-state index contributed by atoms with van der Waals surface area (Å²) in [6.07, 6.45) is 2.26. The van der Waals surface area contributed by atoms with Crippen molar-refractivity contribution in [2.75, 3.05) is 0 Å². The van der Waals surface area contributed by atoms with Crippen LogP contribution >= 0.6 is 0 Å². The molecular weight excluding hydrogens is 512 g/mol. The van der Waals surface area contributed by atoms with Crippen molar-refractivity contribution < 1.29 is 24.2 Å². The first-order valence-corrected chi connectivity index (χ1v) is 14.1. The predicted octanol–water partition coefficient (Wildman–Crippen LogP) is 9.17. The summed E-state index contributed by atoms with van der Waals surface area (Å²) in [5.41, 5.74) is 5.55. The zero-order valence-corrected chi connectivity index (χ0v) is 23.8. The molecule has 0 unspecified atom stereocenters. The van der Waals surface area contributed by atoms with Crippen molar-refractivity contribution in [2.45, 2.75) is 26.7 Å². The zero-order valence-electron chi connectivity index (χ0n) is 21.3. The fourth-order valence-electron chi connectivity index (χ4n) is 4.23. The van der Waals surface area contributed by atoms with Crippen LogP contribution in [0.3, 0.4) is 0 Å². The summed E-state index contributed by atoms with van der Waals surface area (Å²) in [4.78, 5) is 0. The Balaban J connectivity index is 0.000000148. The Morgan fingerprint density at radius 1 is 0.500 bits per heavy atom. The first-order valence-electron chi connectivity index (χ1n) is 12.4. The molecule has 6 rings (SSSR count). The summed E-state index contributed by atoms with van der Waals surface area (Å²) in [5, 5.41) is 5.45. The summed E-state index contributed by atoms with van der Waals surface area (Å²) in [6.45, 7) is 4.28. The molecule has 0 fully saturated rings. The molecule has 1 heteroatoms. The van der Waals surface area contributed by atoms with Crippen LogP contribution < -0.4 is 0 Å². The Morgan fingerprint density at radius 2 is 0.889 bits per heavy atom. The third-order valence-corrected chi connectivity index (χ3v) is 6.18. The fraction of sp³-hybridized carbons (Fsp3) is 0.114. The Hall–Kier alpha value is -3.15. The summed E-state index contributed by atoms with van der Waals surface area (Å²) >= 11 is 1.30. The zero-order chi connectivity index (χ0) is 25.6. The average molecular weight is 546 g/mol. The van der Waals surface area contributed by atoms with Crippen LogP contribution in [0.2, 0.25) is 0 Å². The van der Waals surface area contributed by atoms with E-state index >= 15 is 0 Å². The van der Waals surface area contributed by atoms with E-state index in [-0.39, 0.29) is 0 Å². The number of hydrogen-bond donors (Lipinski definition) is 0. The minimum Gasteiger partial charge on any atom is -0.0622 e. The number of hydrogen-bond acceptors (Lipinski definition) is 0. The van der Waals surface area contributed by atoms with Crippen LogP contribution in [0.5, 0.6) is 0 Å². The van der Waals surface area contributed by atoms with Gasteiger partial charge in [-0.25, -0.2) is 0 Å². The molecule has 0 aliphatic carbocycles. The molecule has 0 spiro atoms. The molecule has 0 saturated carbocycles. The molecule has 0 radical (unpaired) electrons. The standard InChI is InChI=1S/C14H14.2C10H9.CH2.Zr/c1-3-7-13(8-4-1)11-12-14-9-5-2-6-10-14;2*1-8-4-2-5-9-6-3-7-10(8)9;;/h1-10H,11-12H2;2*2-7H,1H3;1H2;/q;2*-1;;+2. The van der Waals surface area contributed by atoms with E-state index in [2.05, 4.69) is 152 Å². The maximum Gasteiger partial charge on any atom is -0.0238 e. The number of aryl methyl sites for hydroxylation is 4. The van der Waals surface area contributed by atoms with E-state index in [4.69, 9.17) is 0 Å². The molecule has 0 heterocycles. The molecule has 0 aromatic heterocycles. The van der Waals surface area contributed by atoms with E-state index in [0.29, 0.717) is 0 Å². The molecule has 0 N–H and O–H groups in total. The SMILES string of the molecule is Cc1cccc2[cH-]ccc12.Cc1cccc2[cH-]ccc12.[CH2]=[Zr+2].c1ccc(CCc2ccccc2)cc1. The van der Waals surface area contributed by atoms with E-state index in [1.807, 2.05) is 0 Å². The molecule has 36 heavy (non-hydrogen) atoms. The van der Waals surface area contributed by atoms with Crippen molar-refractivity contribution in [3.63, 3.8) is 0 Å². The second-order valence-corrected chi connectivity index (χ2v) is 8.68. The second-order valence-electron chi connectivity index (χ2n) is 8.68. The van der Waals surface area contributed by atoms with E-state index in [9.17, 15) is 0 Å². The Kier molecular flexibility index (Phi) is 11.5. The van der Waals surface area contributed by atoms with Crippen molar-refractivity contribution in [3.8, 4) is 0 Å². The Bertz CT molecular complexity index is 1310. The molecule has 0 aliphatic heterocycles. The van der Waals surface area contributed by atoms with Crippen molar-refractivity contribution in [3.05, 3.63) is 156 Å². The fourth-order valence-corrected chi connectivity index (χ4v) is 4.23. The summed E-state index contributed by atoms with van der Waals surface area (Å²) in [5.74, 6) is 0. The van der Waals surface area contributed by atoms with Crippen LogP contribution in [0.1, 0.15) is 22.3 Å². The van der Waals surface area contributed by atoms with E-state index in [1.165, 1.54) is 68.0 Å². The summed E-state index contributed by atoms with van der Waals surface area (Å²) in [7, 11) is 0. The van der Waals surface area contributed by atoms with E-state index in [1.54, 1.807) is 0 Å². The molecule has 0 bridgehead atoms. The van der Waals surface area contributed by atoms with Gasteiger partial charge in [0.1, 0.15) is 0 Å². The molecule has 6 aromatic carbocycles. The van der Waals surface area contributed by atoms with Crippen LogP contribution in [0, 0.1) is 13.8 Å². The van der Waals surface area contributed by atoms with E-state index < -0.39 is 0 Å². The topological polar surface area (TPSA) is 0 Å². The van der Waals surface area contributed by atoms with Gasteiger partial charge in [-0.2, -0.15) is 24.3 Å². The molecule has 178 valence electrons. The smallest absolute Gasteiger partial charge is 0.0238 e. The third kappa shape index (κ3) is 8.22. The number of fused-ring (bicyclic) bond motifs is 2. The predicted molar refractivity (Wildman–Crippen MR) is 156 cm³/mol. The summed E-state index contributed by atoms with van der Waals surface area (Å²) in [6, 6.07) is 46.8. The molecule has 0 amide bonds. The van der Waals surface area contributed by atoms with Crippen molar-refractivity contribution in [1.29, 1.82) is 0 Å². The normalized spacial score (nSPS) is 9.89. The van der Waals surface area contributed by atoms with Crippen molar-refractivity contribution >= 4 is 25.8 Å². The van der Waals surface area contributed by atoms with Gasteiger partial charge in [0.2, 0.25) is 0 Å². The Labute approximate surface area is 231 Å². The van der Waals surface area contributed by atoms with Crippen LogP contribution in [0.4, 0.5) is 0 Å². The van der Waals surface area contributed by atoms with Crippen LogP contribution in [0.25, 0.3) is 21.5 Å². The second kappa shape index (κ2) is 15.1. The number of rotatable bonds is 3. The first-order chi connectivity index (χ1) is 17.7. The molecular formula is C35H34Zr. The van der Waals surface area contributed by atoms with Crippen LogP contribution in [-0.2, 0) is 37.1 Å². The average Bonchev–Trinajstić information content (AvgIpc) is 3.62. The quantitative estimate of drug-likeness (QED) is 0.194. The van der Waals surface area contributed by atoms with Gasteiger partial charge < -0.3 is 0 Å². The molecule has 0 nitrogen and oxygen atoms in total. The van der Waals surface area contributed by atoms with Crippen LogP contribution in [0.15, 0.2) is 133 Å². The Morgan fingerprint density at radius 3 is 1.25 bits per heavy atom.